The lowest BCUT2D eigenvalue weighted by Gasteiger charge is -2.35. The topological polar surface area (TPSA) is 58.4 Å². The standard InChI is InChI=1S/C14H23N3O2/c1-4-17(11-8-6-5-7-9-11)13-12(14(18)19)10(2)15-16(13)3/h11H,4-9H2,1-3H3,(H,18,19). The zero-order chi connectivity index (χ0) is 14.0. The number of aromatic carboxylic acids is 1. The molecule has 1 heterocycles. The summed E-state index contributed by atoms with van der Waals surface area (Å²) in [4.78, 5) is 13.7. The first kappa shape index (κ1) is 13.9. The van der Waals surface area contributed by atoms with Crippen LogP contribution in [-0.2, 0) is 7.05 Å². The summed E-state index contributed by atoms with van der Waals surface area (Å²) in [7, 11) is 1.83. The molecule has 1 aliphatic carbocycles. The van der Waals surface area contributed by atoms with Gasteiger partial charge in [-0.3, -0.25) is 4.68 Å². The Morgan fingerprint density at radius 3 is 2.58 bits per heavy atom. The summed E-state index contributed by atoms with van der Waals surface area (Å²) in [6.45, 7) is 4.67. The second-order valence-electron chi connectivity index (χ2n) is 5.29. The molecule has 0 spiro atoms. The third-order valence-corrected chi connectivity index (χ3v) is 4.03. The van der Waals surface area contributed by atoms with Gasteiger partial charge in [-0.25, -0.2) is 4.79 Å². The van der Waals surface area contributed by atoms with Gasteiger partial charge in [0.1, 0.15) is 11.4 Å². The van der Waals surface area contributed by atoms with Crippen LogP contribution in [0.5, 0.6) is 0 Å². The summed E-state index contributed by atoms with van der Waals surface area (Å²) in [6, 6.07) is 0.451. The maximum Gasteiger partial charge on any atom is 0.341 e. The fraction of sp³-hybridized carbons (Fsp3) is 0.714. The number of rotatable bonds is 4. The van der Waals surface area contributed by atoms with E-state index in [9.17, 15) is 9.90 Å². The highest BCUT2D eigenvalue weighted by Crippen LogP contribution is 2.30. The summed E-state index contributed by atoms with van der Waals surface area (Å²) in [5.74, 6) is -0.116. The number of aryl methyl sites for hydroxylation is 2. The molecule has 5 nitrogen and oxygen atoms in total. The van der Waals surface area contributed by atoms with E-state index in [1.165, 1.54) is 19.3 Å². The minimum absolute atomic E-state index is 0.356. The van der Waals surface area contributed by atoms with Crippen LogP contribution < -0.4 is 4.90 Å². The number of carbonyl (C=O) groups is 1. The molecule has 0 aliphatic heterocycles. The number of nitrogens with zero attached hydrogens (tertiary/aromatic N) is 3. The molecule has 106 valence electrons. The van der Waals surface area contributed by atoms with E-state index in [0.29, 0.717) is 17.3 Å². The number of anilines is 1. The van der Waals surface area contributed by atoms with Gasteiger partial charge in [0, 0.05) is 19.6 Å². The van der Waals surface area contributed by atoms with Gasteiger partial charge in [-0.1, -0.05) is 19.3 Å². The van der Waals surface area contributed by atoms with Crippen LogP contribution in [-0.4, -0.2) is 33.4 Å². The van der Waals surface area contributed by atoms with Gasteiger partial charge in [0.05, 0.1) is 5.69 Å². The smallest absolute Gasteiger partial charge is 0.341 e. The van der Waals surface area contributed by atoms with E-state index in [-0.39, 0.29) is 0 Å². The van der Waals surface area contributed by atoms with Gasteiger partial charge in [-0.05, 0) is 26.7 Å². The molecule has 0 radical (unpaired) electrons. The van der Waals surface area contributed by atoms with Crippen LogP contribution >= 0.6 is 0 Å². The van der Waals surface area contributed by atoms with Crippen molar-refractivity contribution < 1.29 is 9.90 Å². The van der Waals surface area contributed by atoms with Gasteiger partial charge in [0.2, 0.25) is 0 Å². The molecule has 0 aromatic carbocycles. The number of carboxylic acids is 1. The van der Waals surface area contributed by atoms with Crippen molar-refractivity contribution in [3.05, 3.63) is 11.3 Å². The van der Waals surface area contributed by atoms with E-state index >= 15 is 0 Å². The van der Waals surface area contributed by atoms with Crippen molar-refractivity contribution in [2.45, 2.75) is 52.0 Å². The van der Waals surface area contributed by atoms with E-state index in [2.05, 4.69) is 16.9 Å². The van der Waals surface area contributed by atoms with Crippen molar-refractivity contribution in [2.75, 3.05) is 11.4 Å². The van der Waals surface area contributed by atoms with Crippen LogP contribution in [0.4, 0.5) is 5.82 Å². The molecule has 5 heteroatoms. The average molecular weight is 265 g/mol. The monoisotopic (exact) mass is 265 g/mol. The van der Waals surface area contributed by atoms with Crippen molar-refractivity contribution in [3.8, 4) is 0 Å². The molecule has 1 aliphatic rings. The number of hydrogen-bond donors (Lipinski definition) is 1. The molecule has 19 heavy (non-hydrogen) atoms. The van der Waals surface area contributed by atoms with E-state index in [1.54, 1.807) is 11.6 Å². The van der Waals surface area contributed by atoms with Crippen LogP contribution in [0.25, 0.3) is 0 Å². The van der Waals surface area contributed by atoms with Gasteiger partial charge in [0.15, 0.2) is 0 Å². The van der Waals surface area contributed by atoms with E-state index in [4.69, 9.17) is 0 Å². The summed E-state index contributed by atoms with van der Waals surface area (Å²) < 4.78 is 1.72. The summed E-state index contributed by atoms with van der Waals surface area (Å²) in [5.41, 5.74) is 0.953. The number of hydrogen-bond acceptors (Lipinski definition) is 3. The van der Waals surface area contributed by atoms with Crippen molar-refractivity contribution in [1.29, 1.82) is 0 Å². The Morgan fingerprint density at radius 2 is 2.05 bits per heavy atom. The van der Waals surface area contributed by atoms with Crippen LogP contribution in [0.2, 0.25) is 0 Å². The Bertz CT molecular complexity index is 462. The lowest BCUT2D eigenvalue weighted by Crippen LogP contribution is -2.38. The molecule has 0 atom stereocenters. The molecule has 1 aromatic rings. The fourth-order valence-corrected chi connectivity index (χ4v) is 3.20. The minimum Gasteiger partial charge on any atom is -0.477 e. The first-order valence-electron chi connectivity index (χ1n) is 7.09. The second-order valence-corrected chi connectivity index (χ2v) is 5.29. The lowest BCUT2D eigenvalue weighted by atomic mass is 9.94. The number of aromatic nitrogens is 2. The maximum atomic E-state index is 11.5. The minimum atomic E-state index is -0.880. The SMILES string of the molecule is CCN(c1c(C(=O)O)c(C)nn1C)C1CCCCC1. The molecule has 0 amide bonds. The van der Waals surface area contributed by atoms with Gasteiger partial charge in [0.25, 0.3) is 0 Å². The molecule has 2 rings (SSSR count). The van der Waals surface area contributed by atoms with Gasteiger partial charge in [-0.2, -0.15) is 5.10 Å². The van der Waals surface area contributed by atoms with E-state index in [0.717, 1.165) is 25.2 Å². The Kier molecular flexibility index (Phi) is 4.12. The molecule has 0 saturated heterocycles. The second kappa shape index (κ2) is 5.63. The molecular formula is C14H23N3O2. The third kappa shape index (κ3) is 2.60. The van der Waals surface area contributed by atoms with Crippen molar-refractivity contribution in [3.63, 3.8) is 0 Å². The number of carboxylic acid groups (broad SMARTS) is 1. The van der Waals surface area contributed by atoms with E-state index < -0.39 is 5.97 Å². The molecule has 0 unspecified atom stereocenters. The average Bonchev–Trinajstić information content (AvgIpc) is 2.67. The summed E-state index contributed by atoms with van der Waals surface area (Å²) in [6.07, 6.45) is 6.07. The summed E-state index contributed by atoms with van der Waals surface area (Å²) in [5, 5.41) is 13.7. The Morgan fingerprint density at radius 1 is 1.42 bits per heavy atom. The molecule has 1 N–H and O–H groups in total. The zero-order valence-electron chi connectivity index (χ0n) is 12.0. The Balaban J connectivity index is 2.39. The highest BCUT2D eigenvalue weighted by atomic mass is 16.4. The van der Waals surface area contributed by atoms with Crippen molar-refractivity contribution >= 4 is 11.8 Å². The summed E-state index contributed by atoms with van der Waals surface area (Å²) >= 11 is 0. The first-order valence-corrected chi connectivity index (χ1v) is 7.09. The van der Waals surface area contributed by atoms with Crippen LogP contribution in [0, 0.1) is 6.92 Å². The highest BCUT2D eigenvalue weighted by Gasteiger charge is 2.28. The molecule has 1 fully saturated rings. The zero-order valence-corrected chi connectivity index (χ0v) is 12.0. The molecular weight excluding hydrogens is 242 g/mol. The fourth-order valence-electron chi connectivity index (χ4n) is 3.20. The molecule has 1 saturated carbocycles. The van der Waals surface area contributed by atoms with Crippen LogP contribution in [0.1, 0.15) is 55.1 Å². The lowest BCUT2D eigenvalue weighted by molar-refractivity contribution is 0.0696. The first-order chi connectivity index (χ1) is 9.06. The maximum absolute atomic E-state index is 11.5. The quantitative estimate of drug-likeness (QED) is 0.909. The predicted octanol–water partition coefficient (Wildman–Crippen LogP) is 2.59. The molecule has 1 aromatic heterocycles. The normalized spacial score (nSPS) is 16.6. The Labute approximate surface area is 114 Å². The van der Waals surface area contributed by atoms with Crippen molar-refractivity contribution in [1.82, 2.24) is 9.78 Å². The Hall–Kier alpha value is -1.52. The molecule has 0 bridgehead atoms. The van der Waals surface area contributed by atoms with Crippen LogP contribution in [0.3, 0.4) is 0 Å². The van der Waals surface area contributed by atoms with Crippen molar-refractivity contribution in [2.24, 2.45) is 7.05 Å². The van der Waals surface area contributed by atoms with E-state index in [1.807, 2.05) is 7.05 Å². The third-order valence-electron chi connectivity index (χ3n) is 4.03. The van der Waals surface area contributed by atoms with Crippen LogP contribution in [0.15, 0.2) is 0 Å². The van der Waals surface area contributed by atoms with Gasteiger partial charge in [-0.15, -0.1) is 0 Å². The largest absolute Gasteiger partial charge is 0.477 e. The highest BCUT2D eigenvalue weighted by molar-refractivity contribution is 5.95. The van der Waals surface area contributed by atoms with Gasteiger partial charge < -0.3 is 10.0 Å². The van der Waals surface area contributed by atoms with Gasteiger partial charge >= 0.3 is 5.97 Å². The predicted molar refractivity (Wildman–Crippen MR) is 74.8 cm³/mol.